The molecule has 4 nitrogen and oxygen atoms in total. The summed E-state index contributed by atoms with van der Waals surface area (Å²) in [6.07, 6.45) is 4.51. The predicted octanol–water partition coefficient (Wildman–Crippen LogP) is 0.714. The van der Waals surface area contributed by atoms with Gasteiger partial charge in [-0.1, -0.05) is 6.42 Å². The summed E-state index contributed by atoms with van der Waals surface area (Å²) < 4.78 is 22.1. The van der Waals surface area contributed by atoms with E-state index in [2.05, 4.69) is 4.83 Å². The average Bonchev–Trinajstić information content (AvgIpc) is 1.95. The molecule has 2 unspecified atom stereocenters. The highest BCUT2D eigenvalue weighted by molar-refractivity contribution is 7.88. The molecule has 1 aliphatic rings. The Morgan fingerprint density at radius 2 is 1.69 bits per heavy atom. The van der Waals surface area contributed by atoms with Crippen molar-refractivity contribution in [3.8, 4) is 0 Å². The topological polar surface area (TPSA) is 49.4 Å². The lowest BCUT2D eigenvalue weighted by Crippen LogP contribution is -2.53. The molecule has 0 saturated carbocycles. The third kappa shape index (κ3) is 3.25. The van der Waals surface area contributed by atoms with Crippen LogP contribution in [0, 0.1) is 0 Å². The smallest absolute Gasteiger partial charge is 0.221 e. The van der Waals surface area contributed by atoms with Gasteiger partial charge in [-0.05, 0) is 26.7 Å². The molecule has 13 heavy (non-hydrogen) atoms. The van der Waals surface area contributed by atoms with Crippen molar-refractivity contribution in [3.63, 3.8) is 0 Å². The van der Waals surface area contributed by atoms with Gasteiger partial charge < -0.3 is 0 Å². The van der Waals surface area contributed by atoms with E-state index >= 15 is 0 Å². The first-order valence-corrected chi connectivity index (χ1v) is 6.55. The molecule has 0 spiro atoms. The molecule has 78 valence electrons. The molecule has 0 bridgehead atoms. The zero-order valence-electron chi connectivity index (χ0n) is 8.45. The second kappa shape index (κ2) is 3.94. The third-order valence-electron chi connectivity index (χ3n) is 2.46. The molecule has 0 amide bonds. The minimum Gasteiger partial charge on any atom is -0.225 e. The summed E-state index contributed by atoms with van der Waals surface area (Å²) in [6, 6.07) is 0.608. The van der Waals surface area contributed by atoms with Gasteiger partial charge in [0.2, 0.25) is 10.0 Å². The Morgan fingerprint density at radius 3 is 2.08 bits per heavy atom. The van der Waals surface area contributed by atoms with Crippen molar-refractivity contribution in [2.45, 2.75) is 45.2 Å². The van der Waals surface area contributed by atoms with Gasteiger partial charge >= 0.3 is 0 Å². The average molecular weight is 206 g/mol. The summed E-state index contributed by atoms with van der Waals surface area (Å²) in [6.45, 7) is 4.10. The van der Waals surface area contributed by atoms with Gasteiger partial charge in [0.05, 0.1) is 6.26 Å². The van der Waals surface area contributed by atoms with Gasteiger partial charge in [0.15, 0.2) is 0 Å². The molecule has 5 heteroatoms. The van der Waals surface area contributed by atoms with E-state index in [0.29, 0.717) is 12.1 Å². The van der Waals surface area contributed by atoms with Gasteiger partial charge in [-0.2, -0.15) is 0 Å². The molecule has 0 aliphatic carbocycles. The molecule has 1 aliphatic heterocycles. The zero-order valence-corrected chi connectivity index (χ0v) is 9.26. The Bertz CT molecular complexity index is 253. The van der Waals surface area contributed by atoms with Crippen molar-refractivity contribution in [1.29, 1.82) is 0 Å². The lowest BCUT2D eigenvalue weighted by Gasteiger charge is -2.38. The van der Waals surface area contributed by atoms with E-state index in [0.717, 1.165) is 12.8 Å². The summed E-state index contributed by atoms with van der Waals surface area (Å²) in [5.41, 5.74) is 0. The summed E-state index contributed by atoms with van der Waals surface area (Å²) in [5.74, 6) is 0. The van der Waals surface area contributed by atoms with Gasteiger partial charge in [-0.15, -0.1) is 4.83 Å². The molecule has 0 aromatic rings. The van der Waals surface area contributed by atoms with Crippen LogP contribution in [0.3, 0.4) is 0 Å². The molecule has 0 aromatic carbocycles. The number of rotatable bonds is 2. The Kier molecular flexibility index (Phi) is 3.32. The normalized spacial score (nSPS) is 31.9. The summed E-state index contributed by atoms with van der Waals surface area (Å²) in [5, 5.41) is 1.85. The lowest BCUT2D eigenvalue weighted by atomic mass is 10.0. The quantitative estimate of drug-likeness (QED) is 0.724. The highest BCUT2D eigenvalue weighted by Crippen LogP contribution is 2.20. The van der Waals surface area contributed by atoms with Crippen LogP contribution in [0.1, 0.15) is 33.1 Å². The molecule has 1 saturated heterocycles. The van der Waals surface area contributed by atoms with Crippen LogP contribution in [0.25, 0.3) is 0 Å². The van der Waals surface area contributed by atoms with E-state index in [9.17, 15) is 8.42 Å². The van der Waals surface area contributed by atoms with Crippen molar-refractivity contribution in [2.24, 2.45) is 0 Å². The van der Waals surface area contributed by atoms with Crippen LogP contribution in [-0.4, -0.2) is 31.8 Å². The number of hydrazine groups is 1. The first kappa shape index (κ1) is 10.9. The predicted molar refractivity (Wildman–Crippen MR) is 52.6 cm³/mol. The van der Waals surface area contributed by atoms with Gasteiger partial charge in [0.25, 0.3) is 0 Å². The fraction of sp³-hybridized carbons (Fsp3) is 1.00. The summed E-state index contributed by atoms with van der Waals surface area (Å²) >= 11 is 0. The largest absolute Gasteiger partial charge is 0.225 e. The molecule has 1 rings (SSSR count). The maximum absolute atomic E-state index is 11.0. The second-order valence-corrected chi connectivity index (χ2v) is 5.63. The van der Waals surface area contributed by atoms with Crippen molar-refractivity contribution in [3.05, 3.63) is 0 Å². The van der Waals surface area contributed by atoms with Crippen molar-refractivity contribution in [1.82, 2.24) is 9.84 Å². The van der Waals surface area contributed by atoms with E-state index in [4.69, 9.17) is 0 Å². The van der Waals surface area contributed by atoms with E-state index in [1.54, 1.807) is 0 Å². The number of piperidine rings is 1. The molecule has 2 atom stereocenters. The van der Waals surface area contributed by atoms with Gasteiger partial charge in [-0.3, -0.25) is 0 Å². The maximum Gasteiger partial charge on any atom is 0.221 e. The minimum absolute atomic E-state index is 0.304. The van der Waals surface area contributed by atoms with Crippen LogP contribution >= 0.6 is 0 Å². The fourth-order valence-corrected chi connectivity index (χ4v) is 2.54. The van der Waals surface area contributed by atoms with Crippen LogP contribution < -0.4 is 4.83 Å². The van der Waals surface area contributed by atoms with E-state index in [-0.39, 0.29) is 0 Å². The Balaban J connectivity index is 2.64. The molecule has 1 heterocycles. The number of nitrogens with one attached hydrogen (secondary N) is 1. The molecule has 1 N–H and O–H groups in total. The molecular weight excluding hydrogens is 188 g/mol. The van der Waals surface area contributed by atoms with Gasteiger partial charge in [-0.25, -0.2) is 13.4 Å². The van der Waals surface area contributed by atoms with Crippen LogP contribution in [0.5, 0.6) is 0 Å². The minimum atomic E-state index is -3.11. The van der Waals surface area contributed by atoms with Crippen LogP contribution in [0.2, 0.25) is 0 Å². The highest BCUT2D eigenvalue weighted by atomic mass is 32.2. The Morgan fingerprint density at radius 1 is 1.23 bits per heavy atom. The number of hydrogen-bond donors (Lipinski definition) is 1. The summed E-state index contributed by atoms with van der Waals surface area (Å²) in [7, 11) is -3.11. The first-order valence-electron chi connectivity index (χ1n) is 4.66. The van der Waals surface area contributed by atoms with Crippen LogP contribution in [0.4, 0.5) is 0 Å². The molecule has 0 radical (unpaired) electrons. The third-order valence-corrected chi connectivity index (χ3v) is 3.01. The SMILES string of the molecule is CC1CCCC(C)N1NS(C)(=O)=O. The first-order chi connectivity index (χ1) is 5.90. The monoisotopic (exact) mass is 206 g/mol. The molecule has 0 aromatic heterocycles. The Labute approximate surface area is 80.3 Å². The van der Waals surface area contributed by atoms with Crippen molar-refractivity contribution < 1.29 is 8.42 Å². The van der Waals surface area contributed by atoms with Crippen molar-refractivity contribution >= 4 is 10.0 Å². The molecular formula is C8H18N2O2S. The lowest BCUT2D eigenvalue weighted by molar-refractivity contribution is 0.0793. The Hall–Kier alpha value is -0.130. The van der Waals surface area contributed by atoms with E-state index in [1.807, 2.05) is 18.9 Å². The van der Waals surface area contributed by atoms with Gasteiger partial charge in [0, 0.05) is 12.1 Å². The second-order valence-electron chi connectivity index (χ2n) is 3.90. The van der Waals surface area contributed by atoms with Crippen LogP contribution in [-0.2, 0) is 10.0 Å². The number of sulfonamides is 1. The zero-order chi connectivity index (χ0) is 10.1. The van der Waals surface area contributed by atoms with E-state index in [1.165, 1.54) is 12.7 Å². The van der Waals surface area contributed by atoms with Crippen LogP contribution in [0.15, 0.2) is 0 Å². The van der Waals surface area contributed by atoms with Crippen molar-refractivity contribution in [2.75, 3.05) is 6.26 Å². The fourth-order valence-electron chi connectivity index (χ4n) is 1.79. The highest BCUT2D eigenvalue weighted by Gasteiger charge is 2.26. The number of hydrogen-bond acceptors (Lipinski definition) is 3. The maximum atomic E-state index is 11.0. The van der Waals surface area contributed by atoms with E-state index < -0.39 is 10.0 Å². The summed E-state index contributed by atoms with van der Waals surface area (Å²) in [4.78, 5) is 2.56. The number of nitrogens with zero attached hydrogens (tertiary/aromatic N) is 1. The van der Waals surface area contributed by atoms with Gasteiger partial charge in [0.1, 0.15) is 0 Å². The standard InChI is InChI=1S/C8H18N2O2S/c1-7-5-4-6-8(2)10(7)9-13(3,11)12/h7-9H,4-6H2,1-3H3. The molecule has 1 fully saturated rings.